The highest BCUT2D eigenvalue weighted by molar-refractivity contribution is 5.79. The van der Waals surface area contributed by atoms with Crippen molar-refractivity contribution in [2.45, 2.75) is 25.5 Å². The van der Waals surface area contributed by atoms with Crippen molar-refractivity contribution in [2.75, 3.05) is 26.4 Å². The summed E-state index contributed by atoms with van der Waals surface area (Å²) in [6, 6.07) is 2.05. The van der Waals surface area contributed by atoms with Crippen LogP contribution in [0.2, 0.25) is 0 Å². The molecule has 0 bridgehead atoms. The predicted octanol–water partition coefficient (Wildman–Crippen LogP) is 0.225. The zero-order valence-electron chi connectivity index (χ0n) is 12.0. The number of aryl methyl sites for hydroxylation is 1. The zero-order valence-corrected chi connectivity index (χ0v) is 12.0. The van der Waals surface area contributed by atoms with Gasteiger partial charge in [-0.25, -0.2) is 0 Å². The Morgan fingerprint density at radius 1 is 1.55 bits per heavy atom. The van der Waals surface area contributed by atoms with Crippen molar-refractivity contribution >= 4 is 5.91 Å². The molecule has 0 N–H and O–H groups in total. The molecule has 1 aromatic heterocycles. The first-order valence-corrected chi connectivity index (χ1v) is 7.16. The topological polar surface area (TPSA) is 56.6 Å². The van der Waals surface area contributed by atoms with E-state index in [9.17, 15) is 4.79 Å². The van der Waals surface area contributed by atoms with Crippen LogP contribution in [0.5, 0.6) is 0 Å². The third-order valence-corrected chi connectivity index (χ3v) is 4.15. The van der Waals surface area contributed by atoms with Crippen molar-refractivity contribution in [3.8, 4) is 0 Å². The highest BCUT2D eigenvalue weighted by Gasteiger charge is 2.47. The second kappa shape index (κ2) is 5.54. The SMILES string of the molecule is CCO[C@@H]1CN(C(=O)Cc2ccn(C)n2)[C@@H]2COC[C@@H]21. The van der Waals surface area contributed by atoms with E-state index in [2.05, 4.69) is 5.10 Å². The third-order valence-electron chi connectivity index (χ3n) is 4.15. The molecule has 2 aliphatic rings. The van der Waals surface area contributed by atoms with Gasteiger partial charge >= 0.3 is 0 Å². The summed E-state index contributed by atoms with van der Waals surface area (Å²) in [4.78, 5) is 14.4. The number of fused-ring (bicyclic) bond motifs is 1. The molecule has 2 aliphatic heterocycles. The van der Waals surface area contributed by atoms with E-state index in [1.54, 1.807) is 4.68 Å². The van der Waals surface area contributed by atoms with Gasteiger partial charge in [-0.1, -0.05) is 0 Å². The van der Waals surface area contributed by atoms with Gasteiger partial charge < -0.3 is 14.4 Å². The minimum Gasteiger partial charge on any atom is -0.379 e. The summed E-state index contributed by atoms with van der Waals surface area (Å²) in [7, 11) is 1.86. The largest absolute Gasteiger partial charge is 0.379 e. The number of carbonyl (C=O) groups is 1. The Bertz CT molecular complexity index is 488. The summed E-state index contributed by atoms with van der Waals surface area (Å²) in [5.41, 5.74) is 0.813. The Labute approximate surface area is 118 Å². The van der Waals surface area contributed by atoms with E-state index in [0.29, 0.717) is 38.7 Å². The van der Waals surface area contributed by atoms with Crippen molar-refractivity contribution < 1.29 is 14.3 Å². The number of rotatable bonds is 4. The Morgan fingerprint density at radius 2 is 2.40 bits per heavy atom. The first kappa shape index (κ1) is 13.6. The van der Waals surface area contributed by atoms with Gasteiger partial charge in [0.2, 0.25) is 5.91 Å². The molecule has 0 aliphatic carbocycles. The smallest absolute Gasteiger partial charge is 0.229 e. The number of ether oxygens (including phenoxy) is 2. The summed E-state index contributed by atoms with van der Waals surface area (Å²) < 4.78 is 13.0. The fraction of sp³-hybridized carbons (Fsp3) is 0.714. The highest BCUT2D eigenvalue weighted by Crippen LogP contribution is 2.32. The normalized spacial score (nSPS) is 28.9. The van der Waals surface area contributed by atoms with Gasteiger partial charge in [0.15, 0.2) is 0 Å². The molecule has 6 nitrogen and oxygen atoms in total. The number of hydrogen-bond donors (Lipinski definition) is 0. The van der Waals surface area contributed by atoms with Gasteiger partial charge in [0.25, 0.3) is 0 Å². The van der Waals surface area contributed by atoms with Crippen LogP contribution < -0.4 is 0 Å². The van der Waals surface area contributed by atoms with Crippen molar-refractivity contribution in [3.05, 3.63) is 18.0 Å². The van der Waals surface area contributed by atoms with Crippen molar-refractivity contribution in [1.82, 2.24) is 14.7 Å². The van der Waals surface area contributed by atoms with Crippen LogP contribution in [0.3, 0.4) is 0 Å². The van der Waals surface area contributed by atoms with Crippen molar-refractivity contribution in [2.24, 2.45) is 13.0 Å². The summed E-state index contributed by atoms with van der Waals surface area (Å²) in [5.74, 6) is 0.439. The van der Waals surface area contributed by atoms with Gasteiger partial charge in [0.1, 0.15) is 0 Å². The van der Waals surface area contributed by atoms with Crippen molar-refractivity contribution in [3.63, 3.8) is 0 Å². The van der Waals surface area contributed by atoms with E-state index in [4.69, 9.17) is 9.47 Å². The van der Waals surface area contributed by atoms with Crippen LogP contribution in [0.1, 0.15) is 12.6 Å². The van der Waals surface area contributed by atoms with E-state index < -0.39 is 0 Å². The van der Waals surface area contributed by atoms with E-state index >= 15 is 0 Å². The average molecular weight is 279 g/mol. The standard InChI is InChI=1S/C14H21N3O3/c1-3-20-13-7-17(12-9-19-8-11(12)13)14(18)6-10-4-5-16(2)15-10/h4-5,11-13H,3,6-9H2,1-2H3/t11-,12+,13+/m0/s1. The second-order valence-electron chi connectivity index (χ2n) is 5.47. The Kier molecular flexibility index (Phi) is 3.76. The van der Waals surface area contributed by atoms with Gasteiger partial charge in [-0.3, -0.25) is 9.48 Å². The fourth-order valence-corrected chi connectivity index (χ4v) is 3.19. The van der Waals surface area contributed by atoms with Gasteiger partial charge in [-0.2, -0.15) is 5.10 Å². The molecular weight excluding hydrogens is 258 g/mol. The van der Waals surface area contributed by atoms with E-state index in [0.717, 1.165) is 5.69 Å². The second-order valence-corrected chi connectivity index (χ2v) is 5.47. The molecule has 3 rings (SSSR count). The Balaban J connectivity index is 1.68. The molecule has 0 saturated carbocycles. The molecule has 3 atom stereocenters. The van der Waals surface area contributed by atoms with Crippen LogP contribution >= 0.6 is 0 Å². The molecule has 0 aromatic carbocycles. The molecule has 6 heteroatoms. The quantitative estimate of drug-likeness (QED) is 0.791. The Hall–Kier alpha value is -1.40. The third kappa shape index (κ3) is 2.45. The predicted molar refractivity (Wildman–Crippen MR) is 72.1 cm³/mol. The first-order chi connectivity index (χ1) is 9.69. The van der Waals surface area contributed by atoms with E-state index in [1.165, 1.54) is 0 Å². The number of nitrogens with zero attached hydrogens (tertiary/aromatic N) is 3. The number of hydrogen-bond acceptors (Lipinski definition) is 4. The van der Waals surface area contributed by atoms with E-state index in [-0.39, 0.29) is 18.1 Å². The molecule has 2 saturated heterocycles. The number of likely N-dealkylation sites (tertiary alicyclic amines) is 1. The number of carbonyl (C=O) groups excluding carboxylic acids is 1. The van der Waals surface area contributed by atoms with Gasteiger partial charge in [-0.05, 0) is 13.0 Å². The number of aromatic nitrogens is 2. The van der Waals surface area contributed by atoms with Crippen LogP contribution in [0.15, 0.2) is 12.3 Å². The molecule has 1 aromatic rings. The zero-order chi connectivity index (χ0) is 14.1. The fourth-order valence-electron chi connectivity index (χ4n) is 3.19. The minimum atomic E-state index is 0.111. The minimum absolute atomic E-state index is 0.111. The first-order valence-electron chi connectivity index (χ1n) is 7.16. The highest BCUT2D eigenvalue weighted by atomic mass is 16.5. The van der Waals surface area contributed by atoms with Crippen LogP contribution in [0, 0.1) is 5.92 Å². The van der Waals surface area contributed by atoms with Gasteiger partial charge in [0.05, 0.1) is 37.5 Å². The van der Waals surface area contributed by atoms with Crippen LogP contribution in [-0.2, 0) is 27.7 Å². The molecule has 1 amide bonds. The molecule has 3 heterocycles. The van der Waals surface area contributed by atoms with Crippen molar-refractivity contribution in [1.29, 1.82) is 0 Å². The molecule has 0 radical (unpaired) electrons. The maximum Gasteiger partial charge on any atom is 0.229 e. The summed E-state index contributed by atoms with van der Waals surface area (Å²) in [6.45, 7) is 4.67. The summed E-state index contributed by atoms with van der Waals surface area (Å²) in [6.07, 6.45) is 2.32. The molecular formula is C14H21N3O3. The lowest BCUT2D eigenvalue weighted by Gasteiger charge is -2.22. The van der Waals surface area contributed by atoms with E-state index in [1.807, 2.05) is 31.1 Å². The van der Waals surface area contributed by atoms with Gasteiger partial charge in [-0.15, -0.1) is 0 Å². The molecule has 20 heavy (non-hydrogen) atoms. The maximum atomic E-state index is 12.5. The van der Waals surface area contributed by atoms with Crippen LogP contribution in [0.4, 0.5) is 0 Å². The van der Waals surface area contributed by atoms with Crippen LogP contribution in [0.25, 0.3) is 0 Å². The van der Waals surface area contributed by atoms with Gasteiger partial charge in [0, 0.05) is 32.3 Å². The lowest BCUT2D eigenvalue weighted by atomic mass is 10.0. The summed E-state index contributed by atoms with van der Waals surface area (Å²) in [5, 5.41) is 4.27. The molecule has 2 fully saturated rings. The average Bonchev–Trinajstić information content (AvgIpc) is 3.08. The Morgan fingerprint density at radius 3 is 3.10 bits per heavy atom. The maximum absolute atomic E-state index is 12.5. The lowest BCUT2D eigenvalue weighted by molar-refractivity contribution is -0.132. The summed E-state index contributed by atoms with van der Waals surface area (Å²) >= 11 is 0. The molecule has 0 spiro atoms. The number of amides is 1. The van der Waals surface area contributed by atoms with Crippen LogP contribution in [-0.4, -0.2) is 59.1 Å². The molecule has 0 unspecified atom stereocenters. The monoisotopic (exact) mass is 279 g/mol. The lowest BCUT2D eigenvalue weighted by Crippen LogP contribution is -2.39. The molecule has 110 valence electrons.